The number of hydrogen-bond acceptors (Lipinski definition) is 5. The van der Waals surface area contributed by atoms with Gasteiger partial charge in [0, 0.05) is 12.4 Å². The average Bonchev–Trinajstić information content (AvgIpc) is 2.56. The zero-order valence-electron chi connectivity index (χ0n) is 7.47. The van der Waals surface area contributed by atoms with E-state index >= 15 is 0 Å². The summed E-state index contributed by atoms with van der Waals surface area (Å²) in [5, 5.41) is 0. The molecule has 6 nitrogen and oxygen atoms in total. The summed E-state index contributed by atoms with van der Waals surface area (Å²) >= 11 is 0. The van der Waals surface area contributed by atoms with E-state index in [1.165, 1.54) is 11.5 Å². The second-order valence-corrected chi connectivity index (χ2v) is 2.63. The predicted octanol–water partition coefficient (Wildman–Crippen LogP) is 0.0981. The number of imidazole rings is 1. The Morgan fingerprint density at radius 2 is 2.43 bits per heavy atom. The molecule has 72 valence electrons. The minimum atomic E-state index is -0.562. The van der Waals surface area contributed by atoms with Crippen LogP contribution < -0.4 is 5.73 Å². The molecular weight excluding hydrogens is 184 g/mol. The Morgan fingerprint density at radius 1 is 1.64 bits per heavy atom. The third-order valence-corrected chi connectivity index (χ3v) is 1.82. The number of hydrogen-bond donors (Lipinski definition) is 1. The van der Waals surface area contributed by atoms with Crippen LogP contribution in [0.5, 0.6) is 0 Å². The van der Waals surface area contributed by atoms with E-state index < -0.39 is 5.97 Å². The molecule has 0 radical (unpaired) electrons. The third-order valence-electron chi connectivity index (χ3n) is 1.82. The maximum absolute atomic E-state index is 11.2. The molecule has 0 saturated carbocycles. The number of anilines is 1. The van der Waals surface area contributed by atoms with Crippen LogP contribution >= 0.6 is 0 Å². The van der Waals surface area contributed by atoms with Crippen LogP contribution in [0.2, 0.25) is 0 Å². The number of nitrogen functional groups attached to an aromatic ring is 1. The number of fused-ring (bicyclic) bond motifs is 1. The number of carbonyl (C=O) groups is 1. The first-order chi connectivity index (χ1) is 6.74. The van der Waals surface area contributed by atoms with Crippen molar-refractivity contribution in [3.63, 3.8) is 0 Å². The molecule has 0 unspecified atom stereocenters. The van der Waals surface area contributed by atoms with Crippen molar-refractivity contribution in [3.05, 3.63) is 24.2 Å². The van der Waals surface area contributed by atoms with Gasteiger partial charge in [-0.25, -0.2) is 14.8 Å². The van der Waals surface area contributed by atoms with Crippen LogP contribution in [0.3, 0.4) is 0 Å². The first-order valence-corrected chi connectivity index (χ1v) is 3.91. The van der Waals surface area contributed by atoms with E-state index in [2.05, 4.69) is 14.7 Å². The summed E-state index contributed by atoms with van der Waals surface area (Å²) in [5.74, 6) is 0.0540. The van der Waals surface area contributed by atoms with Gasteiger partial charge in [0.25, 0.3) is 0 Å². The molecule has 0 fully saturated rings. The summed E-state index contributed by atoms with van der Waals surface area (Å²) in [7, 11) is 1.28. The lowest BCUT2D eigenvalue weighted by atomic mass is 10.4. The topological polar surface area (TPSA) is 82.5 Å². The van der Waals surface area contributed by atoms with Gasteiger partial charge < -0.3 is 10.5 Å². The van der Waals surface area contributed by atoms with Gasteiger partial charge in [-0.3, -0.25) is 4.40 Å². The van der Waals surface area contributed by atoms with E-state index in [9.17, 15) is 4.79 Å². The molecule has 0 amide bonds. The third kappa shape index (κ3) is 1.08. The predicted molar refractivity (Wildman–Crippen MR) is 48.7 cm³/mol. The molecule has 2 aromatic heterocycles. The lowest BCUT2D eigenvalue weighted by Gasteiger charge is -1.95. The lowest BCUT2D eigenvalue weighted by molar-refractivity contribution is 0.0596. The van der Waals surface area contributed by atoms with Crippen molar-refractivity contribution in [2.75, 3.05) is 12.8 Å². The maximum atomic E-state index is 11.2. The van der Waals surface area contributed by atoms with E-state index in [0.717, 1.165) is 0 Å². The SMILES string of the molecule is COC(=O)c1nc2ncccn2c1N. The largest absolute Gasteiger partial charge is 0.464 e. The highest BCUT2D eigenvalue weighted by Gasteiger charge is 2.17. The normalized spacial score (nSPS) is 10.4. The van der Waals surface area contributed by atoms with Crippen molar-refractivity contribution >= 4 is 17.6 Å². The van der Waals surface area contributed by atoms with Crippen LogP contribution in [-0.2, 0) is 4.74 Å². The van der Waals surface area contributed by atoms with Crippen molar-refractivity contribution < 1.29 is 9.53 Å². The highest BCUT2D eigenvalue weighted by atomic mass is 16.5. The smallest absolute Gasteiger partial charge is 0.360 e. The molecule has 0 aliphatic heterocycles. The minimum absolute atomic E-state index is 0.0891. The molecule has 0 aliphatic rings. The van der Waals surface area contributed by atoms with Gasteiger partial charge >= 0.3 is 5.97 Å². The molecular formula is C8H8N4O2. The number of carbonyl (C=O) groups excluding carboxylic acids is 1. The Morgan fingerprint density at radius 3 is 3.07 bits per heavy atom. The van der Waals surface area contributed by atoms with Gasteiger partial charge in [-0.2, -0.15) is 0 Å². The van der Waals surface area contributed by atoms with Gasteiger partial charge in [0.1, 0.15) is 5.82 Å². The molecule has 0 aliphatic carbocycles. The van der Waals surface area contributed by atoms with Crippen LogP contribution in [0.4, 0.5) is 5.82 Å². The molecule has 2 aromatic rings. The summed E-state index contributed by atoms with van der Waals surface area (Å²) < 4.78 is 6.04. The van der Waals surface area contributed by atoms with Gasteiger partial charge in [0.05, 0.1) is 7.11 Å². The van der Waals surface area contributed by atoms with Crippen LogP contribution in [0, 0.1) is 0 Å². The van der Waals surface area contributed by atoms with E-state index in [1.54, 1.807) is 18.5 Å². The fourth-order valence-electron chi connectivity index (χ4n) is 1.15. The van der Waals surface area contributed by atoms with Crippen molar-refractivity contribution in [2.24, 2.45) is 0 Å². The van der Waals surface area contributed by atoms with Crippen molar-refractivity contribution in [1.29, 1.82) is 0 Å². The first kappa shape index (κ1) is 8.49. The van der Waals surface area contributed by atoms with Gasteiger partial charge in [0.2, 0.25) is 5.78 Å². The molecule has 6 heteroatoms. The highest BCUT2D eigenvalue weighted by molar-refractivity contribution is 5.93. The van der Waals surface area contributed by atoms with Gasteiger partial charge in [-0.1, -0.05) is 0 Å². The molecule has 0 saturated heterocycles. The second kappa shape index (κ2) is 2.99. The number of nitrogens with two attached hydrogens (primary N) is 1. The standard InChI is InChI=1S/C8H8N4O2/c1-14-7(13)5-6(9)12-4-2-3-10-8(12)11-5/h2-4H,9H2,1H3. The Labute approximate surface area is 79.3 Å². The summed E-state index contributed by atoms with van der Waals surface area (Å²) in [4.78, 5) is 19.1. The number of methoxy groups -OCH3 is 1. The van der Waals surface area contributed by atoms with Crippen molar-refractivity contribution in [1.82, 2.24) is 14.4 Å². The molecule has 0 atom stereocenters. The summed E-state index contributed by atoms with van der Waals surface area (Å²) in [6.07, 6.45) is 3.25. The van der Waals surface area contributed by atoms with Crippen LogP contribution in [-0.4, -0.2) is 27.4 Å². The first-order valence-electron chi connectivity index (χ1n) is 3.91. The molecule has 14 heavy (non-hydrogen) atoms. The molecule has 0 bridgehead atoms. The van der Waals surface area contributed by atoms with E-state index in [-0.39, 0.29) is 11.5 Å². The lowest BCUT2D eigenvalue weighted by Crippen LogP contribution is -2.05. The Bertz CT molecular complexity index is 491. The fourth-order valence-corrected chi connectivity index (χ4v) is 1.15. The Hall–Kier alpha value is -2.11. The van der Waals surface area contributed by atoms with Crippen molar-refractivity contribution in [2.45, 2.75) is 0 Å². The van der Waals surface area contributed by atoms with Crippen LogP contribution in [0.1, 0.15) is 10.5 Å². The number of nitrogens with zero attached hydrogens (tertiary/aromatic N) is 3. The number of aromatic nitrogens is 3. The maximum Gasteiger partial charge on any atom is 0.360 e. The number of ether oxygens (including phenoxy) is 1. The molecule has 2 rings (SSSR count). The zero-order valence-corrected chi connectivity index (χ0v) is 7.47. The average molecular weight is 192 g/mol. The van der Waals surface area contributed by atoms with E-state index in [4.69, 9.17) is 5.73 Å². The van der Waals surface area contributed by atoms with E-state index in [1.807, 2.05) is 0 Å². The zero-order chi connectivity index (χ0) is 10.1. The molecule has 0 spiro atoms. The minimum Gasteiger partial charge on any atom is -0.464 e. The monoisotopic (exact) mass is 192 g/mol. The number of esters is 1. The highest BCUT2D eigenvalue weighted by Crippen LogP contribution is 2.13. The van der Waals surface area contributed by atoms with Crippen LogP contribution in [0.15, 0.2) is 18.5 Å². The molecule has 0 aromatic carbocycles. The fraction of sp³-hybridized carbons (Fsp3) is 0.125. The van der Waals surface area contributed by atoms with Crippen molar-refractivity contribution in [3.8, 4) is 0 Å². The second-order valence-electron chi connectivity index (χ2n) is 2.63. The Balaban J connectivity index is 2.68. The number of rotatable bonds is 1. The molecule has 2 heterocycles. The van der Waals surface area contributed by atoms with Gasteiger partial charge in [-0.15, -0.1) is 0 Å². The Kier molecular flexibility index (Phi) is 1.81. The summed E-state index contributed by atoms with van der Waals surface area (Å²) in [6.45, 7) is 0. The van der Waals surface area contributed by atoms with E-state index in [0.29, 0.717) is 5.78 Å². The summed E-state index contributed by atoms with van der Waals surface area (Å²) in [6, 6.07) is 1.70. The van der Waals surface area contributed by atoms with Crippen LogP contribution in [0.25, 0.3) is 5.78 Å². The molecule has 2 N–H and O–H groups in total. The van der Waals surface area contributed by atoms with Gasteiger partial charge in [-0.05, 0) is 6.07 Å². The van der Waals surface area contributed by atoms with Gasteiger partial charge in [0.15, 0.2) is 5.69 Å². The quantitative estimate of drug-likeness (QED) is 0.648. The summed E-state index contributed by atoms with van der Waals surface area (Å²) in [5.41, 5.74) is 5.76.